The summed E-state index contributed by atoms with van der Waals surface area (Å²) in [5.74, 6) is -0.0125. The highest BCUT2D eigenvalue weighted by atomic mass is 35.5. The van der Waals surface area contributed by atoms with Gasteiger partial charge in [0.25, 0.3) is 0 Å². The maximum absolute atomic E-state index is 12.2. The molecule has 0 aliphatic carbocycles. The maximum Gasteiger partial charge on any atom is 0.238 e. The van der Waals surface area contributed by atoms with E-state index in [0.717, 1.165) is 29.8 Å². The van der Waals surface area contributed by atoms with Crippen molar-refractivity contribution in [3.8, 4) is 0 Å². The zero-order valence-electron chi connectivity index (χ0n) is 12.4. The molecule has 0 bridgehead atoms. The van der Waals surface area contributed by atoms with E-state index in [-0.39, 0.29) is 5.91 Å². The summed E-state index contributed by atoms with van der Waals surface area (Å²) >= 11 is 12.0. The number of nitrogens with one attached hydrogen (secondary N) is 1. The van der Waals surface area contributed by atoms with Crippen LogP contribution >= 0.6 is 23.2 Å². The van der Waals surface area contributed by atoms with Crippen molar-refractivity contribution in [2.75, 3.05) is 25.0 Å². The molecule has 0 unspecified atom stereocenters. The summed E-state index contributed by atoms with van der Waals surface area (Å²) in [6, 6.07) is 6.07. The molecule has 1 aromatic carbocycles. The Morgan fingerprint density at radius 2 is 2.10 bits per heavy atom. The molecule has 3 nitrogen and oxygen atoms in total. The first kappa shape index (κ1) is 16.3. The van der Waals surface area contributed by atoms with Gasteiger partial charge < -0.3 is 5.32 Å². The highest BCUT2D eigenvalue weighted by Gasteiger charge is 2.19. The van der Waals surface area contributed by atoms with Gasteiger partial charge in [0.2, 0.25) is 5.91 Å². The van der Waals surface area contributed by atoms with E-state index in [0.29, 0.717) is 29.6 Å². The third-order valence-electron chi connectivity index (χ3n) is 3.68. The lowest BCUT2D eigenvalue weighted by atomic mass is 10.1. The molecule has 1 heterocycles. The minimum atomic E-state index is -0.0125. The van der Waals surface area contributed by atoms with Gasteiger partial charge in [0, 0.05) is 28.8 Å². The molecule has 114 valence electrons. The fraction of sp³-hybridized carbons (Fsp3) is 0.438. The number of hydrogen-bond donors (Lipinski definition) is 1. The smallest absolute Gasteiger partial charge is 0.238 e. The highest BCUT2D eigenvalue weighted by molar-refractivity contribution is 6.39. The molecule has 0 radical (unpaired) electrons. The van der Waals surface area contributed by atoms with Gasteiger partial charge in [0.1, 0.15) is 0 Å². The molecule has 5 heteroatoms. The molecule has 1 N–H and O–H groups in total. The topological polar surface area (TPSA) is 32.3 Å². The van der Waals surface area contributed by atoms with Gasteiger partial charge in [-0.2, -0.15) is 0 Å². The first-order valence-corrected chi connectivity index (χ1v) is 7.90. The molecule has 2 rings (SSSR count). The van der Waals surface area contributed by atoms with Crippen LogP contribution in [0.4, 0.5) is 5.69 Å². The summed E-state index contributed by atoms with van der Waals surface area (Å²) in [7, 11) is 0. The molecule has 0 atom stereocenters. The van der Waals surface area contributed by atoms with Crippen molar-refractivity contribution in [2.24, 2.45) is 0 Å². The SMILES string of the molecule is CCc1cccc(C)c1NC(=O)CN1CCC(Cl)=C(Cl)C1. The quantitative estimate of drug-likeness (QED) is 0.910. The lowest BCUT2D eigenvalue weighted by Gasteiger charge is -2.26. The second-order valence-corrected chi connectivity index (χ2v) is 6.19. The van der Waals surface area contributed by atoms with E-state index < -0.39 is 0 Å². The van der Waals surface area contributed by atoms with Crippen LogP contribution < -0.4 is 5.32 Å². The van der Waals surface area contributed by atoms with Crippen molar-refractivity contribution < 1.29 is 4.79 Å². The average Bonchev–Trinajstić information content (AvgIpc) is 2.45. The first-order valence-electron chi connectivity index (χ1n) is 7.15. The molecular weight excluding hydrogens is 307 g/mol. The van der Waals surface area contributed by atoms with Crippen molar-refractivity contribution in [3.05, 3.63) is 39.4 Å². The molecular formula is C16H20Cl2N2O. The Morgan fingerprint density at radius 3 is 2.76 bits per heavy atom. The fourth-order valence-corrected chi connectivity index (χ4v) is 2.88. The molecule has 1 aliphatic heterocycles. The average molecular weight is 327 g/mol. The van der Waals surface area contributed by atoms with E-state index in [1.165, 1.54) is 0 Å². The fourth-order valence-electron chi connectivity index (χ4n) is 2.47. The Labute approximate surface area is 135 Å². The summed E-state index contributed by atoms with van der Waals surface area (Å²) in [5.41, 5.74) is 3.17. The Hall–Kier alpha value is -1.03. The van der Waals surface area contributed by atoms with Crippen LogP contribution in [-0.2, 0) is 11.2 Å². The summed E-state index contributed by atoms with van der Waals surface area (Å²) in [6.07, 6.45) is 1.60. The molecule has 1 aromatic rings. The molecule has 21 heavy (non-hydrogen) atoms. The van der Waals surface area contributed by atoms with Crippen LogP contribution in [0.1, 0.15) is 24.5 Å². The van der Waals surface area contributed by atoms with Crippen LogP contribution in [0.2, 0.25) is 0 Å². The number of carbonyl (C=O) groups excluding carboxylic acids is 1. The monoisotopic (exact) mass is 326 g/mol. The summed E-state index contributed by atoms with van der Waals surface area (Å²) in [6.45, 7) is 5.73. The van der Waals surface area contributed by atoms with Crippen LogP contribution in [0.25, 0.3) is 0 Å². The van der Waals surface area contributed by atoms with Crippen molar-refractivity contribution in [1.29, 1.82) is 0 Å². The molecule has 0 aromatic heterocycles. The van der Waals surface area contributed by atoms with E-state index in [4.69, 9.17) is 23.2 Å². The number of aryl methyl sites for hydroxylation is 2. The van der Waals surface area contributed by atoms with Crippen molar-refractivity contribution in [2.45, 2.75) is 26.7 Å². The van der Waals surface area contributed by atoms with Gasteiger partial charge >= 0.3 is 0 Å². The van der Waals surface area contributed by atoms with Crippen LogP contribution in [-0.4, -0.2) is 30.4 Å². The van der Waals surface area contributed by atoms with E-state index >= 15 is 0 Å². The number of nitrogens with zero attached hydrogens (tertiary/aromatic N) is 1. The number of para-hydroxylation sites is 1. The Bertz CT molecular complexity index is 569. The minimum Gasteiger partial charge on any atom is -0.324 e. The van der Waals surface area contributed by atoms with E-state index in [1.807, 2.05) is 30.0 Å². The Balaban J connectivity index is 2.00. The molecule has 0 fully saturated rings. The highest BCUT2D eigenvalue weighted by Crippen LogP contribution is 2.24. The van der Waals surface area contributed by atoms with Gasteiger partial charge in [-0.15, -0.1) is 0 Å². The van der Waals surface area contributed by atoms with E-state index in [1.54, 1.807) is 0 Å². The number of benzene rings is 1. The van der Waals surface area contributed by atoms with Crippen LogP contribution in [0.15, 0.2) is 28.3 Å². The largest absolute Gasteiger partial charge is 0.324 e. The van der Waals surface area contributed by atoms with Crippen molar-refractivity contribution >= 4 is 34.8 Å². The second-order valence-electron chi connectivity index (χ2n) is 5.28. The molecule has 0 saturated heterocycles. The third-order valence-corrected chi connectivity index (χ3v) is 4.54. The normalized spacial score (nSPS) is 16.2. The number of hydrogen-bond acceptors (Lipinski definition) is 2. The van der Waals surface area contributed by atoms with Crippen molar-refractivity contribution in [1.82, 2.24) is 4.90 Å². The van der Waals surface area contributed by atoms with Crippen LogP contribution in [0.3, 0.4) is 0 Å². The van der Waals surface area contributed by atoms with Gasteiger partial charge in [-0.3, -0.25) is 9.69 Å². The van der Waals surface area contributed by atoms with E-state index in [9.17, 15) is 4.79 Å². The maximum atomic E-state index is 12.2. The zero-order chi connectivity index (χ0) is 15.4. The molecule has 1 amide bonds. The lowest BCUT2D eigenvalue weighted by molar-refractivity contribution is -0.117. The third kappa shape index (κ3) is 4.22. The van der Waals surface area contributed by atoms with Gasteiger partial charge in [-0.1, -0.05) is 48.3 Å². The van der Waals surface area contributed by atoms with Gasteiger partial charge in [0.15, 0.2) is 0 Å². The van der Waals surface area contributed by atoms with Crippen LogP contribution in [0.5, 0.6) is 0 Å². The number of anilines is 1. The van der Waals surface area contributed by atoms with Crippen molar-refractivity contribution in [3.63, 3.8) is 0 Å². The van der Waals surface area contributed by atoms with E-state index in [2.05, 4.69) is 12.2 Å². The summed E-state index contributed by atoms with van der Waals surface area (Å²) in [4.78, 5) is 14.3. The zero-order valence-corrected chi connectivity index (χ0v) is 13.9. The number of amides is 1. The minimum absolute atomic E-state index is 0.0125. The predicted molar refractivity (Wildman–Crippen MR) is 89.0 cm³/mol. The van der Waals surface area contributed by atoms with Gasteiger partial charge in [-0.05, 0) is 30.9 Å². The molecule has 1 aliphatic rings. The van der Waals surface area contributed by atoms with Gasteiger partial charge in [-0.25, -0.2) is 0 Å². The number of rotatable bonds is 4. The second kappa shape index (κ2) is 7.30. The Morgan fingerprint density at radius 1 is 1.33 bits per heavy atom. The predicted octanol–water partition coefficient (Wildman–Crippen LogP) is 3.89. The first-order chi connectivity index (χ1) is 10.0. The van der Waals surface area contributed by atoms with Gasteiger partial charge in [0.05, 0.1) is 6.54 Å². The summed E-state index contributed by atoms with van der Waals surface area (Å²) in [5, 5.41) is 4.38. The number of carbonyl (C=O) groups is 1. The standard InChI is InChI=1S/C16H20Cl2N2O/c1-3-12-6-4-5-11(2)16(12)19-15(21)10-20-8-7-13(17)14(18)9-20/h4-6H,3,7-10H2,1-2H3,(H,19,21). The number of halogens is 2. The molecule has 0 spiro atoms. The molecule has 0 saturated carbocycles. The Kier molecular flexibility index (Phi) is 5.68. The summed E-state index contributed by atoms with van der Waals surface area (Å²) < 4.78 is 0. The van der Waals surface area contributed by atoms with Crippen LogP contribution in [0, 0.1) is 6.92 Å². The lowest BCUT2D eigenvalue weighted by Crippen LogP contribution is -2.37.